The number of hydrogen-bond donors (Lipinski definition) is 3. The summed E-state index contributed by atoms with van der Waals surface area (Å²) >= 11 is 5.94. The minimum atomic E-state index is -0.548. The van der Waals surface area contributed by atoms with E-state index in [4.69, 9.17) is 11.6 Å². The lowest BCUT2D eigenvalue weighted by Crippen LogP contribution is -2.24. The third-order valence-corrected chi connectivity index (χ3v) is 3.71. The van der Waals surface area contributed by atoms with E-state index in [2.05, 4.69) is 15.8 Å². The van der Waals surface area contributed by atoms with Gasteiger partial charge in [-0.15, -0.1) is 0 Å². The fraction of sp³-hybridized carbons (Fsp3) is 0.167. The van der Waals surface area contributed by atoms with Crippen LogP contribution in [0.3, 0.4) is 0 Å². The molecule has 3 N–H and O–H groups in total. The molecule has 2 rings (SSSR count). The third-order valence-electron chi connectivity index (χ3n) is 3.39. The number of hydrogen-bond acceptors (Lipinski definition) is 4. The quantitative estimate of drug-likeness (QED) is 0.435. The second-order valence-corrected chi connectivity index (χ2v) is 5.91. The Morgan fingerprint density at radius 3 is 2.44 bits per heavy atom. The number of phenols is 1. The summed E-state index contributed by atoms with van der Waals surface area (Å²) in [6.07, 6.45) is 1.07. The molecule has 0 heterocycles. The number of hydrazone groups is 1. The van der Waals surface area contributed by atoms with Crippen molar-refractivity contribution in [2.24, 2.45) is 5.10 Å². The first-order valence-electron chi connectivity index (χ1n) is 7.53. The van der Waals surface area contributed by atoms with Crippen LogP contribution in [0.5, 0.6) is 5.75 Å². The van der Waals surface area contributed by atoms with Crippen molar-refractivity contribution in [2.45, 2.75) is 20.3 Å². The molecule has 0 bridgehead atoms. The first-order valence-corrected chi connectivity index (χ1v) is 7.91. The van der Waals surface area contributed by atoms with Gasteiger partial charge in [-0.3, -0.25) is 9.59 Å². The molecule has 6 nitrogen and oxygen atoms in total. The third kappa shape index (κ3) is 5.32. The van der Waals surface area contributed by atoms with Gasteiger partial charge in [0.1, 0.15) is 12.2 Å². The number of carbonyl (C=O) groups is 2. The predicted molar refractivity (Wildman–Crippen MR) is 98.0 cm³/mol. The Hall–Kier alpha value is -2.86. The molecule has 0 aliphatic rings. The van der Waals surface area contributed by atoms with Crippen molar-refractivity contribution >= 4 is 35.3 Å². The van der Waals surface area contributed by atoms with Gasteiger partial charge in [0.05, 0.1) is 16.9 Å². The molecule has 25 heavy (non-hydrogen) atoms. The van der Waals surface area contributed by atoms with Gasteiger partial charge in [0, 0.05) is 0 Å². The monoisotopic (exact) mass is 359 g/mol. The molecule has 0 atom stereocenters. The number of halogens is 1. The number of nitrogens with zero attached hydrogens (tertiary/aromatic N) is 1. The maximum Gasteiger partial charge on any atom is 0.249 e. The Balaban J connectivity index is 1.88. The van der Waals surface area contributed by atoms with Gasteiger partial charge in [0.2, 0.25) is 11.8 Å². The zero-order chi connectivity index (χ0) is 18.4. The van der Waals surface area contributed by atoms with Crippen molar-refractivity contribution in [1.29, 1.82) is 0 Å². The topological polar surface area (TPSA) is 90.8 Å². The maximum atomic E-state index is 11.8. The molecule has 2 aromatic carbocycles. The zero-order valence-corrected chi connectivity index (χ0v) is 14.6. The van der Waals surface area contributed by atoms with E-state index in [1.165, 1.54) is 6.21 Å². The Labute approximate surface area is 150 Å². The molecule has 0 unspecified atom stereocenters. The van der Waals surface area contributed by atoms with E-state index in [-0.39, 0.29) is 12.2 Å². The molecule has 2 amide bonds. The summed E-state index contributed by atoms with van der Waals surface area (Å²) in [6, 6.07) is 10.2. The van der Waals surface area contributed by atoms with Crippen LogP contribution in [0.15, 0.2) is 41.5 Å². The van der Waals surface area contributed by atoms with Crippen LogP contribution in [-0.4, -0.2) is 23.1 Å². The van der Waals surface area contributed by atoms with E-state index in [1.54, 1.807) is 50.2 Å². The van der Waals surface area contributed by atoms with E-state index >= 15 is 0 Å². The summed E-state index contributed by atoms with van der Waals surface area (Å²) in [5, 5.41) is 16.5. The van der Waals surface area contributed by atoms with E-state index in [0.29, 0.717) is 21.8 Å². The number of para-hydroxylation sites is 1. The highest BCUT2D eigenvalue weighted by Crippen LogP contribution is 2.22. The number of anilines is 1. The molecule has 0 aliphatic heterocycles. The minimum absolute atomic E-state index is 0.234. The number of aromatic hydroxyl groups is 1. The normalized spacial score (nSPS) is 10.7. The molecular weight excluding hydrogens is 342 g/mol. The highest BCUT2D eigenvalue weighted by Gasteiger charge is 2.10. The average molecular weight is 360 g/mol. The number of benzene rings is 2. The summed E-state index contributed by atoms with van der Waals surface area (Å²) in [6.45, 7) is 3.55. The number of rotatable bonds is 5. The van der Waals surface area contributed by atoms with Crippen LogP contribution >= 0.6 is 11.6 Å². The SMILES string of the molecule is Cc1cc(/C=N/NC(=O)CC(=O)Nc2ccccc2Cl)cc(C)c1O. The fourth-order valence-corrected chi connectivity index (χ4v) is 2.37. The molecule has 130 valence electrons. The predicted octanol–water partition coefficient (Wildman–Crippen LogP) is 3.14. The Morgan fingerprint density at radius 1 is 1.16 bits per heavy atom. The lowest BCUT2D eigenvalue weighted by molar-refractivity contribution is -0.126. The molecule has 7 heteroatoms. The van der Waals surface area contributed by atoms with Crippen LogP contribution in [0.1, 0.15) is 23.1 Å². The summed E-state index contributed by atoms with van der Waals surface area (Å²) in [5.74, 6) is -0.803. The lowest BCUT2D eigenvalue weighted by Gasteiger charge is -2.06. The second kappa shape index (κ2) is 8.30. The summed E-state index contributed by atoms with van der Waals surface area (Å²) < 4.78 is 0. The van der Waals surface area contributed by atoms with Gasteiger partial charge in [-0.25, -0.2) is 5.43 Å². The van der Waals surface area contributed by atoms with E-state index in [1.807, 2.05) is 0 Å². The van der Waals surface area contributed by atoms with Crippen LogP contribution < -0.4 is 10.7 Å². The average Bonchev–Trinajstić information content (AvgIpc) is 2.54. The number of amides is 2. The van der Waals surface area contributed by atoms with Crippen LogP contribution in [0.4, 0.5) is 5.69 Å². The molecular formula is C18H18ClN3O3. The summed E-state index contributed by atoms with van der Waals surface area (Å²) in [7, 11) is 0. The number of aryl methyl sites for hydroxylation is 2. The number of phenolic OH excluding ortho intramolecular Hbond substituents is 1. The standard InChI is InChI=1S/C18H18ClN3O3/c1-11-7-13(8-12(2)18(11)25)10-20-22-17(24)9-16(23)21-15-6-4-3-5-14(15)19/h3-8,10,25H,9H2,1-2H3,(H,21,23)(H,22,24)/b20-10+. The van der Waals surface area contributed by atoms with Gasteiger partial charge in [0.15, 0.2) is 0 Å². The summed E-state index contributed by atoms with van der Waals surface area (Å²) in [4.78, 5) is 23.6. The van der Waals surface area contributed by atoms with E-state index in [0.717, 1.165) is 5.56 Å². The van der Waals surface area contributed by atoms with Crippen molar-refractivity contribution in [1.82, 2.24) is 5.43 Å². The number of nitrogens with one attached hydrogen (secondary N) is 2. The van der Waals surface area contributed by atoms with E-state index in [9.17, 15) is 14.7 Å². The van der Waals surface area contributed by atoms with Gasteiger partial charge >= 0.3 is 0 Å². The molecule has 0 spiro atoms. The van der Waals surface area contributed by atoms with Crippen molar-refractivity contribution in [3.8, 4) is 5.75 Å². The molecule has 0 saturated carbocycles. The van der Waals surface area contributed by atoms with E-state index < -0.39 is 11.8 Å². The van der Waals surface area contributed by atoms with Crippen LogP contribution in [0.2, 0.25) is 5.02 Å². The molecule has 0 radical (unpaired) electrons. The lowest BCUT2D eigenvalue weighted by atomic mass is 10.1. The fourth-order valence-electron chi connectivity index (χ4n) is 2.19. The van der Waals surface area contributed by atoms with Gasteiger partial charge in [-0.2, -0.15) is 5.10 Å². The first-order chi connectivity index (χ1) is 11.9. The highest BCUT2D eigenvalue weighted by molar-refractivity contribution is 6.33. The summed E-state index contributed by atoms with van der Waals surface area (Å²) in [5.41, 5.74) is 4.89. The van der Waals surface area contributed by atoms with Crippen molar-refractivity contribution in [3.05, 3.63) is 58.1 Å². The molecule has 2 aromatic rings. The molecule has 0 fully saturated rings. The van der Waals surface area contributed by atoms with Gasteiger partial charge in [0.25, 0.3) is 0 Å². The molecule has 0 aliphatic carbocycles. The molecule has 0 saturated heterocycles. The second-order valence-electron chi connectivity index (χ2n) is 5.50. The number of carbonyl (C=O) groups excluding carboxylic acids is 2. The van der Waals surface area contributed by atoms with Gasteiger partial charge < -0.3 is 10.4 Å². The van der Waals surface area contributed by atoms with Crippen LogP contribution in [0.25, 0.3) is 0 Å². The van der Waals surface area contributed by atoms with Crippen molar-refractivity contribution < 1.29 is 14.7 Å². The minimum Gasteiger partial charge on any atom is -0.507 e. The maximum absolute atomic E-state index is 11.8. The smallest absolute Gasteiger partial charge is 0.249 e. The van der Waals surface area contributed by atoms with Gasteiger partial charge in [-0.05, 0) is 54.8 Å². The first kappa shape index (κ1) is 18.5. The largest absolute Gasteiger partial charge is 0.507 e. The Morgan fingerprint density at radius 2 is 1.80 bits per heavy atom. The Bertz CT molecular complexity index is 811. The van der Waals surface area contributed by atoms with Crippen molar-refractivity contribution in [2.75, 3.05) is 5.32 Å². The molecule has 0 aromatic heterocycles. The Kier molecular flexibility index (Phi) is 6.14. The van der Waals surface area contributed by atoms with Crippen molar-refractivity contribution in [3.63, 3.8) is 0 Å². The van der Waals surface area contributed by atoms with Crippen LogP contribution in [-0.2, 0) is 9.59 Å². The van der Waals surface area contributed by atoms with Gasteiger partial charge in [-0.1, -0.05) is 23.7 Å². The zero-order valence-electron chi connectivity index (χ0n) is 13.8. The highest BCUT2D eigenvalue weighted by atomic mass is 35.5. The van der Waals surface area contributed by atoms with Crippen LogP contribution in [0, 0.1) is 13.8 Å².